The molecule has 1 N–H and O–H groups in total. The lowest BCUT2D eigenvalue weighted by atomic mass is 9.97. The van der Waals surface area contributed by atoms with E-state index in [1.165, 1.54) is 10.4 Å². The molecule has 21 heavy (non-hydrogen) atoms. The van der Waals surface area contributed by atoms with Crippen molar-refractivity contribution in [1.29, 1.82) is 0 Å². The zero-order chi connectivity index (χ0) is 15.6. The summed E-state index contributed by atoms with van der Waals surface area (Å²) in [6, 6.07) is 3.39. The van der Waals surface area contributed by atoms with Crippen molar-refractivity contribution in [3.05, 3.63) is 29.6 Å². The number of halogens is 1. The number of aliphatic hydroxyl groups is 1. The minimum absolute atomic E-state index is 0.172. The van der Waals surface area contributed by atoms with Crippen LogP contribution in [0.15, 0.2) is 23.1 Å². The number of rotatable bonds is 4. The van der Waals surface area contributed by atoms with Gasteiger partial charge in [0.05, 0.1) is 17.6 Å². The van der Waals surface area contributed by atoms with Gasteiger partial charge in [0.2, 0.25) is 10.0 Å². The van der Waals surface area contributed by atoms with Crippen molar-refractivity contribution in [2.45, 2.75) is 31.0 Å². The van der Waals surface area contributed by atoms with Gasteiger partial charge in [-0.3, -0.25) is 0 Å². The molecule has 1 aromatic carbocycles. The van der Waals surface area contributed by atoms with Crippen molar-refractivity contribution < 1.29 is 22.7 Å². The Morgan fingerprint density at radius 1 is 1.48 bits per heavy atom. The third kappa shape index (κ3) is 3.26. The predicted octanol–water partition coefficient (Wildman–Crippen LogP) is 1.36. The average molecular weight is 317 g/mol. The molecule has 1 aliphatic rings. The maximum absolute atomic E-state index is 13.4. The molecule has 0 bridgehead atoms. The zero-order valence-corrected chi connectivity index (χ0v) is 12.9. The van der Waals surface area contributed by atoms with Gasteiger partial charge in [0, 0.05) is 20.2 Å². The largest absolute Gasteiger partial charge is 0.392 e. The molecule has 2 unspecified atom stereocenters. The quantitative estimate of drug-likeness (QED) is 0.910. The number of hydrogen-bond acceptors (Lipinski definition) is 4. The van der Waals surface area contributed by atoms with Gasteiger partial charge in [-0.15, -0.1) is 0 Å². The highest BCUT2D eigenvalue weighted by atomic mass is 32.2. The maximum Gasteiger partial charge on any atom is 0.243 e. The lowest BCUT2D eigenvalue weighted by Crippen LogP contribution is -2.46. The number of methoxy groups -OCH3 is 1. The standard InChI is InChI=1S/C14H20FNO4S/c1-10-5-6-16(8-13(10)20-2)21(18,19)14-7-12(15)4-3-11(14)9-17/h3-4,7,10,13,17H,5-6,8-9H2,1-2H3. The van der Waals surface area contributed by atoms with Crippen LogP contribution in [0.25, 0.3) is 0 Å². The Morgan fingerprint density at radius 2 is 2.19 bits per heavy atom. The predicted molar refractivity (Wildman–Crippen MR) is 75.7 cm³/mol. The van der Waals surface area contributed by atoms with Crippen molar-refractivity contribution in [3.63, 3.8) is 0 Å². The van der Waals surface area contributed by atoms with Gasteiger partial charge in [0.25, 0.3) is 0 Å². The lowest BCUT2D eigenvalue weighted by molar-refractivity contribution is 0.0183. The summed E-state index contributed by atoms with van der Waals surface area (Å²) in [6.45, 7) is 2.17. The van der Waals surface area contributed by atoms with Crippen LogP contribution in [0, 0.1) is 11.7 Å². The molecule has 1 heterocycles. The summed E-state index contributed by atoms with van der Waals surface area (Å²) < 4.78 is 45.4. The highest BCUT2D eigenvalue weighted by molar-refractivity contribution is 7.89. The van der Waals surface area contributed by atoms with E-state index in [0.717, 1.165) is 12.1 Å². The third-order valence-electron chi connectivity index (χ3n) is 3.97. The topological polar surface area (TPSA) is 66.8 Å². The summed E-state index contributed by atoms with van der Waals surface area (Å²) in [7, 11) is -2.29. The number of sulfonamides is 1. The van der Waals surface area contributed by atoms with E-state index in [0.29, 0.717) is 13.0 Å². The first-order valence-corrected chi connectivity index (χ1v) is 8.26. The summed E-state index contributed by atoms with van der Waals surface area (Å²) in [5, 5.41) is 9.28. The highest BCUT2D eigenvalue weighted by Crippen LogP contribution is 2.27. The van der Waals surface area contributed by atoms with Gasteiger partial charge >= 0.3 is 0 Å². The molecule has 1 aromatic rings. The molecule has 118 valence electrons. The highest BCUT2D eigenvalue weighted by Gasteiger charge is 2.34. The Morgan fingerprint density at radius 3 is 2.81 bits per heavy atom. The fraction of sp³-hybridized carbons (Fsp3) is 0.571. The zero-order valence-electron chi connectivity index (χ0n) is 12.1. The molecule has 2 atom stereocenters. The van der Waals surface area contributed by atoms with E-state index < -0.39 is 22.4 Å². The summed E-state index contributed by atoms with van der Waals surface area (Å²) in [5.74, 6) is -0.370. The SMILES string of the molecule is COC1CN(S(=O)(=O)c2cc(F)ccc2CO)CCC1C. The second kappa shape index (κ2) is 6.39. The van der Waals surface area contributed by atoms with Crippen molar-refractivity contribution in [2.24, 2.45) is 5.92 Å². The third-order valence-corrected chi connectivity index (χ3v) is 5.92. The maximum atomic E-state index is 13.4. The first-order valence-electron chi connectivity index (χ1n) is 6.82. The van der Waals surface area contributed by atoms with Crippen molar-refractivity contribution in [2.75, 3.05) is 20.2 Å². The molecule has 0 aliphatic carbocycles. The molecule has 7 heteroatoms. The lowest BCUT2D eigenvalue weighted by Gasteiger charge is -2.35. The average Bonchev–Trinajstić information content (AvgIpc) is 2.47. The Balaban J connectivity index is 2.36. The molecule has 2 rings (SSSR count). The molecular formula is C14H20FNO4S. The molecule has 0 saturated carbocycles. The van der Waals surface area contributed by atoms with Gasteiger partial charge < -0.3 is 9.84 Å². The van der Waals surface area contributed by atoms with Gasteiger partial charge in [0.1, 0.15) is 5.82 Å². The minimum atomic E-state index is -3.84. The first-order chi connectivity index (χ1) is 9.90. The summed E-state index contributed by atoms with van der Waals surface area (Å²) in [5.41, 5.74) is 0.198. The second-order valence-electron chi connectivity index (χ2n) is 5.31. The van der Waals surface area contributed by atoms with Crippen LogP contribution in [0.2, 0.25) is 0 Å². The summed E-state index contributed by atoms with van der Waals surface area (Å²) >= 11 is 0. The smallest absolute Gasteiger partial charge is 0.243 e. The molecule has 0 spiro atoms. The Kier molecular flexibility index (Phi) is 4.98. The molecule has 5 nitrogen and oxygen atoms in total. The number of ether oxygens (including phenoxy) is 1. The van der Waals surface area contributed by atoms with Crippen LogP contribution in [0.5, 0.6) is 0 Å². The van der Waals surface area contributed by atoms with Crippen LogP contribution in [-0.4, -0.2) is 44.1 Å². The molecule has 1 fully saturated rings. The van der Waals surface area contributed by atoms with E-state index in [-0.39, 0.29) is 29.0 Å². The van der Waals surface area contributed by atoms with Gasteiger partial charge in [-0.2, -0.15) is 4.31 Å². The molecule has 0 aromatic heterocycles. The van der Waals surface area contributed by atoms with E-state index in [1.54, 1.807) is 7.11 Å². The molecule has 0 amide bonds. The normalized spacial score (nSPS) is 24.2. The monoisotopic (exact) mass is 317 g/mol. The van der Waals surface area contributed by atoms with Gasteiger partial charge in [0.15, 0.2) is 0 Å². The van der Waals surface area contributed by atoms with Gasteiger partial charge in [-0.05, 0) is 30.0 Å². The van der Waals surface area contributed by atoms with E-state index in [9.17, 15) is 17.9 Å². The van der Waals surface area contributed by atoms with Crippen LogP contribution < -0.4 is 0 Å². The Labute approximate surface area is 124 Å². The van der Waals surface area contributed by atoms with Crippen LogP contribution in [0.1, 0.15) is 18.9 Å². The van der Waals surface area contributed by atoms with Crippen molar-refractivity contribution in [1.82, 2.24) is 4.31 Å². The van der Waals surface area contributed by atoms with Crippen molar-refractivity contribution >= 4 is 10.0 Å². The van der Waals surface area contributed by atoms with E-state index in [4.69, 9.17) is 4.74 Å². The number of hydrogen-bond donors (Lipinski definition) is 1. The van der Waals surface area contributed by atoms with E-state index >= 15 is 0 Å². The van der Waals surface area contributed by atoms with Gasteiger partial charge in [-0.1, -0.05) is 13.0 Å². The second-order valence-corrected chi connectivity index (χ2v) is 7.22. The Bertz CT molecular complexity index is 605. The summed E-state index contributed by atoms with van der Waals surface area (Å²) in [6.07, 6.45) is 0.501. The van der Waals surface area contributed by atoms with E-state index in [1.807, 2.05) is 6.92 Å². The van der Waals surface area contributed by atoms with Crippen LogP contribution >= 0.6 is 0 Å². The van der Waals surface area contributed by atoms with Gasteiger partial charge in [-0.25, -0.2) is 12.8 Å². The number of piperidine rings is 1. The number of nitrogens with zero attached hydrogens (tertiary/aromatic N) is 1. The van der Waals surface area contributed by atoms with E-state index in [2.05, 4.69) is 0 Å². The molecule has 1 aliphatic heterocycles. The molecule has 0 radical (unpaired) electrons. The Hall–Kier alpha value is -1.02. The molecule has 1 saturated heterocycles. The fourth-order valence-corrected chi connectivity index (χ4v) is 4.26. The number of benzene rings is 1. The number of aliphatic hydroxyl groups excluding tert-OH is 1. The van der Waals surface area contributed by atoms with Crippen LogP contribution in [0.3, 0.4) is 0 Å². The van der Waals surface area contributed by atoms with Crippen LogP contribution in [-0.2, 0) is 21.4 Å². The van der Waals surface area contributed by atoms with Crippen molar-refractivity contribution in [3.8, 4) is 0 Å². The molecular weight excluding hydrogens is 297 g/mol. The first kappa shape index (κ1) is 16.4. The minimum Gasteiger partial charge on any atom is -0.392 e. The fourth-order valence-electron chi connectivity index (χ4n) is 2.57. The summed E-state index contributed by atoms with van der Waals surface area (Å²) in [4.78, 5) is -0.172. The van der Waals surface area contributed by atoms with Crippen LogP contribution in [0.4, 0.5) is 4.39 Å².